The second-order valence-corrected chi connectivity index (χ2v) is 4.79. The Labute approximate surface area is 113 Å². The van der Waals surface area contributed by atoms with Crippen LogP contribution in [0, 0.1) is 0 Å². The summed E-state index contributed by atoms with van der Waals surface area (Å²) >= 11 is 0. The Morgan fingerprint density at radius 1 is 1.40 bits per heavy atom. The predicted molar refractivity (Wildman–Crippen MR) is 50.5 cm³/mol. The second kappa shape index (κ2) is 7.18. The molecule has 0 aromatic carbocycles. The van der Waals surface area contributed by atoms with Gasteiger partial charge in [0.25, 0.3) is 10.1 Å². The third kappa shape index (κ3) is 6.18. The molecule has 6 nitrogen and oxygen atoms in total. The standard InChI is InChI=1S/C7H15NO5S.Na.H/c9-7(14(10,11)12)1-2-8-3-5-13-6-4-8;;/h7,9H,1-6H2,(H,10,11,12);;/q;+1;-1. The fourth-order valence-corrected chi connectivity index (χ4v) is 1.67. The number of aliphatic hydroxyl groups excluding tert-OH is 1. The summed E-state index contributed by atoms with van der Waals surface area (Å²) in [6.07, 6.45) is 0.0266. The van der Waals surface area contributed by atoms with E-state index < -0.39 is 15.6 Å². The molecule has 8 heteroatoms. The van der Waals surface area contributed by atoms with E-state index in [0.717, 1.165) is 13.1 Å². The first-order valence-electron chi connectivity index (χ1n) is 4.44. The van der Waals surface area contributed by atoms with Gasteiger partial charge in [0.15, 0.2) is 5.44 Å². The van der Waals surface area contributed by atoms with E-state index in [2.05, 4.69) is 0 Å². The quantitative estimate of drug-likeness (QED) is 0.390. The largest absolute Gasteiger partial charge is 1.00 e. The molecule has 0 radical (unpaired) electrons. The number of nitrogens with zero attached hydrogens (tertiary/aromatic N) is 1. The molecular weight excluding hydrogens is 233 g/mol. The Morgan fingerprint density at radius 3 is 2.40 bits per heavy atom. The van der Waals surface area contributed by atoms with Crippen molar-refractivity contribution in [3.05, 3.63) is 0 Å². The van der Waals surface area contributed by atoms with E-state index >= 15 is 0 Å². The van der Waals surface area contributed by atoms with Crippen molar-refractivity contribution in [1.82, 2.24) is 4.90 Å². The topological polar surface area (TPSA) is 87.1 Å². The Kier molecular flexibility index (Phi) is 7.56. The molecule has 15 heavy (non-hydrogen) atoms. The van der Waals surface area contributed by atoms with E-state index in [-0.39, 0.29) is 37.4 Å². The van der Waals surface area contributed by atoms with Crippen molar-refractivity contribution < 1.29 is 53.8 Å². The zero-order valence-electron chi connectivity index (χ0n) is 9.79. The minimum atomic E-state index is -4.31. The summed E-state index contributed by atoms with van der Waals surface area (Å²) in [6, 6.07) is 0. The van der Waals surface area contributed by atoms with Crippen LogP contribution in [0.5, 0.6) is 0 Å². The van der Waals surface area contributed by atoms with Crippen LogP contribution in [-0.2, 0) is 14.9 Å². The Balaban J connectivity index is 0. The molecule has 0 aromatic rings. The first kappa shape index (κ1) is 15.8. The molecule has 1 rings (SSSR count). The smallest absolute Gasteiger partial charge is 1.00 e. The van der Waals surface area contributed by atoms with Gasteiger partial charge in [-0.1, -0.05) is 0 Å². The van der Waals surface area contributed by atoms with Crippen LogP contribution < -0.4 is 29.6 Å². The van der Waals surface area contributed by atoms with Crippen molar-refractivity contribution in [3.8, 4) is 0 Å². The van der Waals surface area contributed by atoms with Crippen molar-refractivity contribution >= 4 is 10.1 Å². The van der Waals surface area contributed by atoms with Gasteiger partial charge in [-0.15, -0.1) is 0 Å². The van der Waals surface area contributed by atoms with Crippen LogP contribution in [0.4, 0.5) is 0 Å². The maximum atomic E-state index is 10.5. The van der Waals surface area contributed by atoms with Crippen molar-refractivity contribution in [2.75, 3.05) is 32.8 Å². The third-order valence-electron chi connectivity index (χ3n) is 2.14. The molecule has 0 spiro atoms. The summed E-state index contributed by atoms with van der Waals surface area (Å²) in [5, 5.41) is 9.02. The van der Waals surface area contributed by atoms with E-state index in [1.807, 2.05) is 4.90 Å². The minimum absolute atomic E-state index is 0. The summed E-state index contributed by atoms with van der Waals surface area (Å²) in [4.78, 5) is 1.98. The average molecular weight is 249 g/mol. The van der Waals surface area contributed by atoms with Gasteiger partial charge in [-0.05, 0) is 0 Å². The number of aliphatic hydroxyl groups is 1. The van der Waals surface area contributed by atoms with Crippen LogP contribution in [0.15, 0.2) is 0 Å². The van der Waals surface area contributed by atoms with Gasteiger partial charge in [0.05, 0.1) is 13.2 Å². The molecule has 1 fully saturated rings. The predicted octanol–water partition coefficient (Wildman–Crippen LogP) is -3.97. The molecule has 1 aliphatic rings. The molecule has 0 amide bonds. The third-order valence-corrected chi connectivity index (χ3v) is 3.06. The van der Waals surface area contributed by atoms with Gasteiger partial charge in [-0.3, -0.25) is 9.45 Å². The molecule has 1 saturated heterocycles. The molecule has 2 N–H and O–H groups in total. The number of hydrogen-bond donors (Lipinski definition) is 2. The fraction of sp³-hybridized carbons (Fsp3) is 1.00. The molecule has 1 aliphatic heterocycles. The van der Waals surface area contributed by atoms with Crippen LogP contribution in [0.2, 0.25) is 0 Å². The van der Waals surface area contributed by atoms with E-state index in [1.165, 1.54) is 0 Å². The van der Waals surface area contributed by atoms with E-state index in [9.17, 15) is 8.42 Å². The van der Waals surface area contributed by atoms with Crippen LogP contribution in [-0.4, -0.2) is 61.3 Å². The fourth-order valence-electron chi connectivity index (χ4n) is 1.27. The molecule has 0 aromatic heterocycles. The van der Waals surface area contributed by atoms with Gasteiger partial charge in [0, 0.05) is 26.1 Å². The molecule has 0 bridgehead atoms. The monoisotopic (exact) mass is 249 g/mol. The number of morpholine rings is 1. The minimum Gasteiger partial charge on any atom is -1.00 e. The van der Waals surface area contributed by atoms with Crippen molar-refractivity contribution in [1.29, 1.82) is 0 Å². The number of rotatable bonds is 4. The van der Waals surface area contributed by atoms with Crippen molar-refractivity contribution in [2.45, 2.75) is 11.9 Å². The van der Waals surface area contributed by atoms with Gasteiger partial charge in [-0.2, -0.15) is 8.42 Å². The van der Waals surface area contributed by atoms with E-state index in [4.69, 9.17) is 14.4 Å². The van der Waals surface area contributed by atoms with Gasteiger partial charge in [-0.25, -0.2) is 0 Å². The van der Waals surface area contributed by atoms with E-state index in [1.54, 1.807) is 0 Å². The molecular formula is C7H16NNaO5S. The Bertz CT molecular complexity index is 270. The van der Waals surface area contributed by atoms with Crippen molar-refractivity contribution in [3.63, 3.8) is 0 Å². The molecule has 0 aliphatic carbocycles. The first-order valence-corrected chi connectivity index (χ1v) is 5.95. The van der Waals surface area contributed by atoms with Crippen LogP contribution in [0.25, 0.3) is 0 Å². The van der Waals surface area contributed by atoms with Crippen LogP contribution >= 0.6 is 0 Å². The molecule has 1 atom stereocenters. The SMILES string of the molecule is O=S(=O)(O)C(O)CCN1CCOCC1.[H-].[Na+]. The summed E-state index contributed by atoms with van der Waals surface area (Å²) < 4.78 is 34.5. The van der Waals surface area contributed by atoms with Crippen LogP contribution in [0.3, 0.4) is 0 Å². The summed E-state index contributed by atoms with van der Waals surface area (Å²) in [7, 11) is -4.31. The van der Waals surface area contributed by atoms with E-state index in [0.29, 0.717) is 19.8 Å². The number of ether oxygens (including phenoxy) is 1. The molecule has 0 saturated carbocycles. The van der Waals surface area contributed by atoms with Gasteiger partial charge < -0.3 is 11.3 Å². The zero-order chi connectivity index (χ0) is 10.6. The Morgan fingerprint density at radius 2 is 1.93 bits per heavy atom. The second-order valence-electron chi connectivity index (χ2n) is 3.21. The van der Waals surface area contributed by atoms with Gasteiger partial charge in [0.1, 0.15) is 0 Å². The molecule has 1 unspecified atom stereocenters. The average Bonchev–Trinajstić information content (AvgIpc) is 2.14. The first-order chi connectivity index (χ1) is 6.50. The summed E-state index contributed by atoms with van der Waals surface area (Å²) in [5.41, 5.74) is -1.68. The summed E-state index contributed by atoms with van der Waals surface area (Å²) in [6.45, 7) is 3.17. The van der Waals surface area contributed by atoms with Gasteiger partial charge >= 0.3 is 29.6 Å². The van der Waals surface area contributed by atoms with Crippen LogP contribution in [0.1, 0.15) is 7.85 Å². The number of hydrogen-bond acceptors (Lipinski definition) is 5. The molecule has 1 heterocycles. The maximum Gasteiger partial charge on any atom is 1.00 e. The van der Waals surface area contributed by atoms with Crippen molar-refractivity contribution in [2.24, 2.45) is 0 Å². The Hall–Kier alpha value is 0.790. The zero-order valence-corrected chi connectivity index (χ0v) is 11.6. The maximum absolute atomic E-state index is 10.5. The molecule has 86 valence electrons. The van der Waals surface area contributed by atoms with Gasteiger partial charge in [0.2, 0.25) is 0 Å². The normalized spacial score (nSPS) is 20.7. The summed E-state index contributed by atoms with van der Waals surface area (Å²) in [5.74, 6) is 0.